The molecule has 0 spiro atoms. The van der Waals surface area contributed by atoms with Crippen molar-refractivity contribution in [2.75, 3.05) is 21.9 Å². The van der Waals surface area contributed by atoms with Gasteiger partial charge in [0.15, 0.2) is 0 Å². The molecule has 2 aliphatic rings. The van der Waals surface area contributed by atoms with E-state index in [0.717, 1.165) is 28.3 Å². The van der Waals surface area contributed by atoms with Crippen LogP contribution in [0.4, 0.5) is 11.4 Å². The number of carbonyl (C=O) groups is 1. The van der Waals surface area contributed by atoms with Crippen LogP contribution in [0.15, 0.2) is 52.3 Å². The highest BCUT2D eigenvalue weighted by Crippen LogP contribution is 2.37. The third kappa shape index (κ3) is 2.57. The summed E-state index contributed by atoms with van der Waals surface area (Å²) in [6.07, 6.45) is 1.02. The van der Waals surface area contributed by atoms with Crippen LogP contribution in [0.3, 0.4) is 0 Å². The predicted molar refractivity (Wildman–Crippen MR) is 95.1 cm³/mol. The van der Waals surface area contributed by atoms with E-state index in [2.05, 4.69) is 5.32 Å². The number of rotatable bonds is 2. The zero-order chi connectivity index (χ0) is 16.7. The number of para-hydroxylation sites is 1. The van der Waals surface area contributed by atoms with Gasteiger partial charge in [0.2, 0.25) is 5.91 Å². The largest absolute Gasteiger partial charge is 0.326 e. The fourth-order valence-corrected chi connectivity index (χ4v) is 5.66. The van der Waals surface area contributed by atoms with Gasteiger partial charge in [-0.05, 0) is 48.1 Å². The molecule has 5 nitrogen and oxygen atoms in total. The van der Waals surface area contributed by atoms with Crippen molar-refractivity contribution < 1.29 is 13.2 Å². The van der Waals surface area contributed by atoms with Crippen molar-refractivity contribution in [3.8, 4) is 0 Å². The molecular weight excluding hydrogens is 344 g/mol. The highest BCUT2D eigenvalue weighted by Gasteiger charge is 2.29. The molecule has 0 saturated carbocycles. The molecule has 0 aromatic heterocycles. The Morgan fingerprint density at radius 1 is 1.12 bits per heavy atom. The first kappa shape index (κ1) is 15.5. The van der Waals surface area contributed by atoms with Gasteiger partial charge in [0, 0.05) is 17.1 Å². The molecule has 0 radical (unpaired) electrons. The van der Waals surface area contributed by atoms with Crippen LogP contribution >= 0.6 is 11.8 Å². The van der Waals surface area contributed by atoms with E-state index in [-0.39, 0.29) is 17.2 Å². The van der Waals surface area contributed by atoms with Gasteiger partial charge in [-0.2, -0.15) is 0 Å². The lowest BCUT2D eigenvalue weighted by atomic mass is 10.2. The minimum Gasteiger partial charge on any atom is -0.326 e. The number of amides is 1. The molecule has 2 aromatic carbocycles. The Morgan fingerprint density at radius 2 is 1.96 bits per heavy atom. The quantitative estimate of drug-likeness (QED) is 0.894. The van der Waals surface area contributed by atoms with E-state index >= 15 is 0 Å². The van der Waals surface area contributed by atoms with Crippen LogP contribution in [0.25, 0.3) is 0 Å². The lowest BCUT2D eigenvalue weighted by Crippen LogP contribution is -2.32. The average molecular weight is 360 g/mol. The normalized spacial score (nSPS) is 17.0. The van der Waals surface area contributed by atoms with Crippen molar-refractivity contribution in [3.63, 3.8) is 0 Å². The summed E-state index contributed by atoms with van der Waals surface area (Å²) >= 11 is 1.68. The lowest BCUT2D eigenvalue weighted by molar-refractivity contribution is -0.115. The molecule has 24 heavy (non-hydrogen) atoms. The van der Waals surface area contributed by atoms with Gasteiger partial charge >= 0.3 is 0 Å². The van der Waals surface area contributed by atoms with Crippen molar-refractivity contribution >= 4 is 39.1 Å². The van der Waals surface area contributed by atoms with Gasteiger partial charge in [-0.15, -0.1) is 11.8 Å². The number of nitrogens with one attached hydrogen (secondary N) is 1. The van der Waals surface area contributed by atoms with Crippen LogP contribution in [-0.2, 0) is 21.2 Å². The minimum atomic E-state index is -3.66. The van der Waals surface area contributed by atoms with Crippen LogP contribution < -0.4 is 9.62 Å². The maximum atomic E-state index is 13.2. The third-order valence-electron chi connectivity index (χ3n) is 4.19. The summed E-state index contributed by atoms with van der Waals surface area (Å²) in [4.78, 5) is 12.7. The lowest BCUT2D eigenvalue weighted by Gasteiger charge is -2.24. The molecular formula is C17H16N2O3S2. The van der Waals surface area contributed by atoms with Gasteiger partial charge in [0.25, 0.3) is 10.0 Å². The van der Waals surface area contributed by atoms with Crippen LogP contribution in [0.2, 0.25) is 0 Å². The number of hydrogen-bond acceptors (Lipinski definition) is 4. The number of benzene rings is 2. The van der Waals surface area contributed by atoms with Crippen LogP contribution in [0.5, 0.6) is 0 Å². The summed E-state index contributed by atoms with van der Waals surface area (Å²) in [5.74, 6) is 0.794. The highest BCUT2D eigenvalue weighted by molar-refractivity contribution is 7.99. The number of carbonyl (C=O) groups excluding carboxylic acids is 1. The zero-order valence-corrected chi connectivity index (χ0v) is 14.5. The smallest absolute Gasteiger partial charge is 0.264 e. The van der Waals surface area contributed by atoms with E-state index in [9.17, 15) is 13.2 Å². The first-order valence-corrected chi connectivity index (χ1v) is 10.2. The summed E-state index contributed by atoms with van der Waals surface area (Å²) in [6.45, 7) is 0.459. The number of anilines is 2. The van der Waals surface area contributed by atoms with Crippen molar-refractivity contribution in [3.05, 3.63) is 48.0 Å². The maximum Gasteiger partial charge on any atom is 0.264 e. The van der Waals surface area contributed by atoms with E-state index in [0.29, 0.717) is 12.2 Å². The predicted octanol–water partition coefficient (Wildman–Crippen LogP) is 2.87. The summed E-state index contributed by atoms with van der Waals surface area (Å²) in [5.41, 5.74) is 2.17. The second-order valence-electron chi connectivity index (χ2n) is 5.79. The number of sulfonamides is 1. The average Bonchev–Trinajstić information content (AvgIpc) is 2.80. The van der Waals surface area contributed by atoms with Gasteiger partial charge in [0.1, 0.15) is 0 Å². The number of thioether (sulfide) groups is 1. The van der Waals surface area contributed by atoms with E-state index in [1.54, 1.807) is 30.0 Å². The molecule has 2 heterocycles. The van der Waals surface area contributed by atoms with Crippen molar-refractivity contribution in [2.24, 2.45) is 0 Å². The molecule has 0 unspecified atom stereocenters. The summed E-state index contributed by atoms with van der Waals surface area (Å²) in [5, 5.41) is 2.73. The molecule has 7 heteroatoms. The van der Waals surface area contributed by atoms with Crippen molar-refractivity contribution in [1.29, 1.82) is 0 Å². The zero-order valence-electron chi connectivity index (χ0n) is 12.9. The second kappa shape index (κ2) is 5.82. The Hall–Kier alpha value is -1.99. The van der Waals surface area contributed by atoms with Gasteiger partial charge in [-0.25, -0.2) is 8.42 Å². The fraction of sp³-hybridized carbons (Fsp3) is 0.235. The molecule has 2 aliphatic heterocycles. The van der Waals surface area contributed by atoms with Gasteiger partial charge < -0.3 is 5.32 Å². The minimum absolute atomic E-state index is 0.101. The molecule has 124 valence electrons. The molecule has 2 aromatic rings. The Kier molecular flexibility index (Phi) is 3.77. The van der Waals surface area contributed by atoms with Gasteiger partial charge in [0.05, 0.1) is 17.0 Å². The van der Waals surface area contributed by atoms with Gasteiger partial charge in [-0.1, -0.05) is 12.1 Å². The number of fused-ring (bicyclic) bond motifs is 2. The molecule has 0 aliphatic carbocycles. The van der Waals surface area contributed by atoms with E-state index in [4.69, 9.17) is 0 Å². The summed E-state index contributed by atoms with van der Waals surface area (Å²) in [7, 11) is -3.66. The van der Waals surface area contributed by atoms with E-state index in [1.807, 2.05) is 24.3 Å². The molecule has 4 rings (SSSR count). The number of hydrogen-bond donors (Lipinski definition) is 1. The summed E-state index contributed by atoms with van der Waals surface area (Å²) < 4.78 is 27.9. The molecule has 1 amide bonds. The third-order valence-corrected chi connectivity index (χ3v) is 7.15. The van der Waals surface area contributed by atoms with Crippen LogP contribution in [0, 0.1) is 0 Å². The summed E-state index contributed by atoms with van der Waals surface area (Å²) in [6, 6.07) is 12.4. The Morgan fingerprint density at radius 3 is 2.83 bits per heavy atom. The maximum absolute atomic E-state index is 13.2. The van der Waals surface area contributed by atoms with Crippen molar-refractivity contribution in [1.82, 2.24) is 0 Å². The fourth-order valence-electron chi connectivity index (χ4n) is 3.04. The van der Waals surface area contributed by atoms with Crippen LogP contribution in [-0.4, -0.2) is 26.6 Å². The molecule has 0 bridgehead atoms. The molecule has 0 fully saturated rings. The second-order valence-corrected chi connectivity index (χ2v) is 8.79. The van der Waals surface area contributed by atoms with E-state index in [1.165, 1.54) is 4.31 Å². The first-order chi connectivity index (χ1) is 11.6. The Labute approximate surface area is 145 Å². The van der Waals surface area contributed by atoms with Crippen molar-refractivity contribution in [2.45, 2.75) is 22.6 Å². The van der Waals surface area contributed by atoms with E-state index < -0.39 is 10.0 Å². The molecule has 1 N–H and O–H groups in total. The monoisotopic (exact) mass is 360 g/mol. The SMILES string of the molecule is O=C1Cc2cc(S(=O)(=O)N3CCCSc4ccccc43)ccc2N1. The Bertz CT molecular complexity index is 925. The van der Waals surface area contributed by atoms with Gasteiger partial charge in [-0.3, -0.25) is 9.10 Å². The Balaban J connectivity index is 1.78. The standard InChI is InChI=1S/C17H16N2O3S2/c20-17-11-12-10-13(6-7-14(12)18-17)24(21,22)19-8-3-9-23-16-5-2-1-4-15(16)19/h1-2,4-7,10H,3,8-9,11H2,(H,18,20). The highest BCUT2D eigenvalue weighted by atomic mass is 32.2. The molecule has 0 atom stereocenters. The van der Waals surface area contributed by atoms with Crippen LogP contribution in [0.1, 0.15) is 12.0 Å². The topological polar surface area (TPSA) is 66.5 Å². The molecule has 0 saturated heterocycles. The number of nitrogens with zero attached hydrogens (tertiary/aromatic N) is 1. The first-order valence-electron chi connectivity index (χ1n) is 7.73.